The summed E-state index contributed by atoms with van der Waals surface area (Å²) in [5.74, 6) is 4.68. The average molecular weight is 417 g/mol. The molecule has 170 valence electrons. The van der Waals surface area contributed by atoms with Crippen molar-refractivity contribution in [2.75, 3.05) is 0 Å². The minimum absolute atomic E-state index is 0.0177. The van der Waals surface area contributed by atoms with Crippen LogP contribution in [-0.2, 0) is 9.53 Å². The number of ketones is 1. The van der Waals surface area contributed by atoms with Crippen LogP contribution in [0.3, 0.4) is 0 Å². The molecule has 1 aliphatic heterocycles. The van der Waals surface area contributed by atoms with Gasteiger partial charge in [0.2, 0.25) is 0 Å². The van der Waals surface area contributed by atoms with Gasteiger partial charge < -0.3 is 9.84 Å². The van der Waals surface area contributed by atoms with Gasteiger partial charge in [0.05, 0.1) is 6.10 Å². The molecule has 0 unspecified atom stereocenters. The van der Waals surface area contributed by atoms with E-state index in [4.69, 9.17) is 4.74 Å². The first-order chi connectivity index (χ1) is 14.1. The van der Waals surface area contributed by atoms with Gasteiger partial charge in [-0.05, 0) is 79.4 Å². The van der Waals surface area contributed by atoms with Crippen molar-refractivity contribution in [1.82, 2.24) is 0 Å². The lowest BCUT2D eigenvalue weighted by Gasteiger charge is -2.60. The van der Waals surface area contributed by atoms with E-state index in [1.165, 1.54) is 44.9 Å². The second-order valence-corrected chi connectivity index (χ2v) is 12.8. The van der Waals surface area contributed by atoms with Crippen LogP contribution in [0, 0.1) is 46.3 Å². The van der Waals surface area contributed by atoms with Crippen LogP contribution in [0.1, 0.15) is 98.8 Å². The number of aliphatic hydroxyl groups is 1. The van der Waals surface area contributed by atoms with Crippen molar-refractivity contribution in [3.05, 3.63) is 0 Å². The SMILES string of the molecule is CC(C)CCC[C@@H](C)[C@H]1CC[C@H]2[C@@H]3C[C@@H](O)[C@]45O[C@H]4C(=O)CC[C@]5(C)[C@H]3CC[C@]12C. The second-order valence-electron chi connectivity index (χ2n) is 12.8. The maximum Gasteiger partial charge on any atom is 0.164 e. The Bertz CT molecular complexity index is 702. The van der Waals surface area contributed by atoms with Gasteiger partial charge in [-0.15, -0.1) is 0 Å². The first-order valence-electron chi connectivity index (χ1n) is 13.0. The Morgan fingerprint density at radius 3 is 2.57 bits per heavy atom. The Balaban J connectivity index is 1.36. The van der Waals surface area contributed by atoms with Gasteiger partial charge in [-0.2, -0.15) is 0 Å². The number of hydrogen-bond donors (Lipinski definition) is 1. The van der Waals surface area contributed by atoms with Gasteiger partial charge in [-0.3, -0.25) is 4.79 Å². The van der Waals surface area contributed by atoms with Gasteiger partial charge in [-0.25, -0.2) is 0 Å². The summed E-state index contributed by atoms with van der Waals surface area (Å²) in [7, 11) is 0. The number of carbonyl (C=O) groups excluding carboxylic acids is 1. The van der Waals surface area contributed by atoms with Crippen molar-refractivity contribution in [2.24, 2.45) is 46.3 Å². The van der Waals surface area contributed by atoms with E-state index in [-0.39, 0.29) is 17.3 Å². The van der Waals surface area contributed by atoms with Crippen molar-refractivity contribution in [1.29, 1.82) is 0 Å². The smallest absolute Gasteiger partial charge is 0.164 e. The van der Waals surface area contributed by atoms with Gasteiger partial charge in [0.1, 0.15) is 11.7 Å². The van der Waals surface area contributed by atoms with Crippen LogP contribution in [0.15, 0.2) is 0 Å². The zero-order valence-corrected chi connectivity index (χ0v) is 20.0. The standard InChI is InChI=1S/C27H44O3/c1-16(2)7-6-8-17(3)19-9-10-20-18-15-23(29)27-24(30-27)22(28)12-14-26(27,5)21(18)11-13-25(19,20)4/h16-21,23-24,29H,6-15H2,1-5H3/t17-,18+,19-,20+,21+,23-,24+,25-,26-,27+/m1/s1. The molecule has 5 rings (SSSR count). The van der Waals surface area contributed by atoms with E-state index in [0.717, 1.165) is 36.5 Å². The van der Waals surface area contributed by atoms with Crippen LogP contribution in [0.5, 0.6) is 0 Å². The van der Waals surface area contributed by atoms with Crippen molar-refractivity contribution in [3.63, 3.8) is 0 Å². The third-order valence-corrected chi connectivity index (χ3v) is 11.2. The van der Waals surface area contributed by atoms with Crippen LogP contribution in [0.25, 0.3) is 0 Å². The molecule has 1 spiro atoms. The van der Waals surface area contributed by atoms with E-state index in [2.05, 4.69) is 34.6 Å². The van der Waals surface area contributed by atoms with E-state index >= 15 is 0 Å². The highest BCUT2D eigenvalue weighted by Crippen LogP contribution is 2.73. The highest BCUT2D eigenvalue weighted by atomic mass is 16.6. The summed E-state index contributed by atoms with van der Waals surface area (Å²) in [5.41, 5.74) is -0.122. The fourth-order valence-corrected chi connectivity index (χ4v) is 9.58. The molecule has 1 N–H and O–H groups in total. The number of rotatable bonds is 5. The second kappa shape index (κ2) is 7.04. The molecule has 10 atom stereocenters. The highest BCUT2D eigenvalue weighted by Gasteiger charge is 2.79. The van der Waals surface area contributed by atoms with Crippen LogP contribution < -0.4 is 0 Å². The number of ether oxygens (including phenoxy) is 1. The number of epoxide rings is 1. The molecular formula is C27H44O3. The van der Waals surface area contributed by atoms with Crippen molar-refractivity contribution >= 4 is 5.78 Å². The first kappa shape index (κ1) is 21.4. The zero-order chi connectivity index (χ0) is 21.5. The normalized spacial score (nSPS) is 53.0. The lowest BCUT2D eigenvalue weighted by atomic mass is 9.43. The summed E-state index contributed by atoms with van der Waals surface area (Å²) in [4.78, 5) is 12.4. The molecule has 1 heterocycles. The predicted molar refractivity (Wildman–Crippen MR) is 119 cm³/mol. The summed E-state index contributed by atoms with van der Waals surface area (Å²) in [6.07, 6.45) is 11.1. The molecule has 4 aliphatic carbocycles. The number of Topliss-reactive ketones (excluding diaryl/α,β-unsaturated/α-hetero) is 1. The van der Waals surface area contributed by atoms with E-state index in [1.807, 2.05) is 0 Å². The highest BCUT2D eigenvalue weighted by molar-refractivity contribution is 5.89. The summed E-state index contributed by atoms with van der Waals surface area (Å²) in [5, 5.41) is 11.3. The summed E-state index contributed by atoms with van der Waals surface area (Å²) < 4.78 is 6.11. The van der Waals surface area contributed by atoms with Crippen LogP contribution >= 0.6 is 0 Å². The lowest BCUT2D eigenvalue weighted by molar-refractivity contribution is -0.163. The zero-order valence-electron chi connectivity index (χ0n) is 20.0. The van der Waals surface area contributed by atoms with Crippen molar-refractivity contribution < 1.29 is 14.6 Å². The summed E-state index contributed by atoms with van der Waals surface area (Å²) in [6, 6.07) is 0. The van der Waals surface area contributed by atoms with E-state index in [9.17, 15) is 9.90 Å². The van der Waals surface area contributed by atoms with Crippen LogP contribution in [0.2, 0.25) is 0 Å². The monoisotopic (exact) mass is 416 g/mol. The largest absolute Gasteiger partial charge is 0.390 e. The molecule has 0 bridgehead atoms. The Hall–Kier alpha value is -0.410. The number of aliphatic hydroxyl groups excluding tert-OH is 1. The van der Waals surface area contributed by atoms with E-state index in [0.29, 0.717) is 23.7 Å². The Morgan fingerprint density at radius 2 is 1.83 bits per heavy atom. The lowest BCUT2D eigenvalue weighted by Crippen LogP contribution is -2.63. The van der Waals surface area contributed by atoms with E-state index in [1.54, 1.807) is 0 Å². The molecule has 0 aromatic rings. The van der Waals surface area contributed by atoms with E-state index < -0.39 is 11.7 Å². The van der Waals surface area contributed by atoms with Gasteiger partial charge in [-0.1, -0.05) is 53.9 Å². The predicted octanol–water partition coefficient (Wildman–Crippen LogP) is 5.78. The van der Waals surface area contributed by atoms with Gasteiger partial charge in [0.25, 0.3) is 0 Å². The molecule has 0 amide bonds. The molecule has 3 nitrogen and oxygen atoms in total. The maximum atomic E-state index is 12.4. The quantitative estimate of drug-likeness (QED) is 0.578. The molecule has 0 radical (unpaired) electrons. The third kappa shape index (κ3) is 2.73. The number of carbonyl (C=O) groups is 1. The average Bonchev–Trinajstić information content (AvgIpc) is 3.36. The fourth-order valence-electron chi connectivity index (χ4n) is 9.58. The molecule has 4 saturated carbocycles. The van der Waals surface area contributed by atoms with Crippen LogP contribution in [0.4, 0.5) is 0 Å². The maximum absolute atomic E-state index is 12.4. The van der Waals surface area contributed by atoms with Gasteiger partial charge in [0, 0.05) is 11.8 Å². The topological polar surface area (TPSA) is 49.8 Å². The van der Waals surface area contributed by atoms with Crippen molar-refractivity contribution in [2.45, 2.75) is 117 Å². The molecule has 0 aromatic heterocycles. The molecule has 5 aliphatic rings. The number of hydrogen-bond acceptors (Lipinski definition) is 3. The van der Waals surface area contributed by atoms with Crippen LogP contribution in [-0.4, -0.2) is 28.7 Å². The Labute approximate surface area is 183 Å². The minimum Gasteiger partial charge on any atom is -0.390 e. The number of fused-ring (bicyclic) bond motifs is 4. The van der Waals surface area contributed by atoms with Crippen molar-refractivity contribution in [3.8, 4) is 0 Å². The molecular weight excluding hydrogens is 372 g/mol. The molecule has 30 heavy (non-hydrogen) atoms. The summed E-state index contributed by atoms with van der Waals surface area (Å²) in [6.45, 7) is 12.2. The van der Waals surface area contributed by atoms with Gasteiger partial charge >= 0.3 is 0 Å². The first-order valence-corrected chi connectivity index (χ1v) is 13.0. The molecule has 5 fully saturated rings. The fraction of sp³-hybridized carbons (Fsp3) is 0.963. The Kier molecular flexibility index (Phi) is 5.03. The Morgan fingerprint density at radius 1 is 1.07 bits per heavy atom. The minimum atomic E-state index is -0.542. The molecule has 1 saturated heterocycles. The summed E-state index contributed by atoms with van der Waals surface area (Å²) >= 11 is 0. The van der Waals surface area contributed by atoms with Gasteiger partial charge in [0.15, 0.2) is 5.78 Å². The third-order valence-electron chi connectivity index (χ3n) is 11.2. The molecule has 3 heteroatoms. The molecule has 0 aromatic carbocycles.